The van der Waals surface area contributed by atoms with Gasteiger partial charge in [0.05, 0.1) is 30.4 Å². The van der Waals surface area contributed by atoms with Gasteiger partial charge in [-0.1, -0.05) is 13.8 Å². The van der Waals surface area contributed by atoms with E-state index < -0.39 is 19.6 Å². The molecule has 0 aliphatic heterocycles. The molecular formula is C14H29O5P. The summed E-state index contributed by atoms with van der Waals surface area (Å²) in [7, 11) is -3.42. The molecule has 0 aromatic rings. The van der Waals surface area contributed by atoms with Crippen LogP contribution in [0, 0.1) is 11.8 Å². The van der Waals surface area contributed by atoms with Crippen molar-refractivity contribution in [1.29, 1.82) is 0 Å². The van der Waals surface area contributed by atoms with Gasteiger partial charge in [0.1, 0.15) is 5.78 Å². The number of carbonyl (C=O) groups excluding carboxylic acids is 1. The zero-order chi connectivity index (χ0) is 16.1. The summed E-state index contributed by atoms with van der Waals surface area (Å²) in [6.45, 7) is 12.1. The summed E-state index contributed by atoms with van der Waals surface area (Å²) in [5, 5.41) is 10.1. The Bertz CT molecular complexity index is 337. The van der Waals surface area contributed by atoms with Crippen LogP contribution in [0.15, 0.2) is 0 Å². The van der Waals surface area contributed by atoms with Crippen molar-refractivity contribution in [3.05, 3.63) is 0 Å². The monoisotopic (exact) mass is 308 g/mol. The molecule has 0 spiro atoms. The largest absolute Gasteiger partial charge is 0.392 e. The number of hydrogen-bond acceptors (Lipinski definition) is 5. The predicted octanol–water partition coefficient (Wildman–Crippen LogP) is 3.25. The number of aliphatic hydroxyl groups is 1. The molecule has 2 atom stereocenters. The number of aliphatic hydroxyl groups excluding tert-OH is 1. The highest BCUT2D eigenvalue weighted by Crippen LogP contribution is 2.52. The molecule has 0 amide bonds. The van der Waals surface area contributed by atoms with Crippen molar-refractivity contribution < 1.29 is 23.5 Å². The van der Waals surface area contributed by atoms with E-state index in [1.165, 1.54) is 6.92 Å². The first-order valence-electron chi connectivity index (χ1n) is 7.13. The first-order valence-corrected chi connectivity index (χ1v) is 8.85. The zero-order valence-electron chi connectivity index (χ0n) is 13.6. The second-order valence-corrected chi connectivity index (χ2v) is 8.06. The van der Waals surface area contributed by atoms with E-state index in [4.69, 9.17) is 9.05 Å². The molecule has 0 saturated heterocycles. The fourth-order valence-corrected chi connectivity index (χ4v) is 4.40. The number of rotatable bonds is 9. The average Bonchev–Trinajstić information content (AvgIpc) is 2.21. The molecular weight excluding hydrogens is 279 g/mol. The van der Waals surface area contributed by atoms with E-state index in [0.29, 0.717) is 0 Å². The fraction of sp³-hybridized carbons (Fsp3) is 0.929. The summed E-state index contributed by atoms with van der Waals surface area (Å²) in [6.07, 6.45) is -1.49. The average molecular weight is 308 g/mol. The van der Waals surface area contributed by atoms with Gasteiger partial charge in [-0.05, 0) is 40.5 Å². The van der Waals surface area contributed by atoms with Crippen LogP contribution in [0.3, 0.4) is 0 Å². The molecule has 0 aromatic heterocycles. The number of hydrogen-bond donors (Lipinski definition) is 1. The molecule has 0 radical (unpaired) electrons. The smallest absolute Gasteiger partial charge is 0.331 e. The molecule has 0 bridgehead atoms. The van der Waals surface area contributed by atoms with Crippen LogP contribution in [0.2, 0.25) is 0 Å². The lowest BCUT2D eigenvalue weighted by Gasteiger charge is -2.29. The van der Waals surface area contributed by atoms with Crippen LogP contribution >= 0.6 is 7.60 Å². The predicted molar refractivity (Wildman–Crippen MR) is 79.9 cm³/mol. The fourth-order valence-electron chi connectivity index (χ4n) is 1.94. The third-order valence-electron chi connectivity index (χ3n) is 2.78. The standard InChI is InChI=1S/C14H29O5P/c1-9(2)14(16)13(12(7)15)8-20(17,18-10(3)4)19-11(5)6/h9-11,13-14,16H,8H2,1-7H3/t13-,14-/m1/s1. The highest BCUT2D eigenvalue weighted by molar-refractivity contribution is 7.53. The van der Waals surface area contributed by atoms with Gasteiger partial charge in [0.15, 0.2) is 0 Å². The lowest BCUT2D eigenvalue weighted by atomic mass is 9.92. The zero-order valence-corrected chi connectivity index (χ0v) is 14.5. The maximum absolute atomic E-state index is 12.8. The van der Waals surface area contributed by atoms with Crippen LogP contribution in [0.4, 0.5) is 0 Å². The first kappa shape index (κ1) is 19.8. The molecule has 120 valence electrons. The van der Waals surface area contributed by atoms with Gasteiger partial charge in [0.25, 0.3) is 0 Å². The Morgan fingerprint density at radius 2 is 1.45 bits per heavy atom. The minimum atomic E-state index is -3.42. The Labute approximate surface area is 122 Å². The second kappa shape index (κ2) is 8.28. The summed E-state index contributed by atoms with van der Waals surface area (Å²) in [4.78, 5) is 11.7. The van der Waals surface area contributed by atoms with E-state index in [2.05, 4.69) is 0 Å². The second-order valence-electron chi connectivity index (χ2n) is 6.05. The molecule has 5 nitrogen and oxygen atoms in total. The molecule has 20 heavy (non-hydrogen) atoms. The lowest BCUT2D eigenvalue weighted by Crippen LogP contribution is -2.34. The normalized spacial score (nSPS) is 15.9. The molecule has 0 unspecified atom stereocenters. The molecule has 0 heterocycles. The van der Waals surface area contributed by atoms with Crippen molar-refractivity contribution in [3.63, 3.8) is 0 Å². The molecule has 0 saturated carbocycles. The lowest BCUT2D eigenvalue weighted by molar-refractivity contribution is -0.124. The van der Waals surface area contributed by atoms with Crippen LogP contribution in [-0.4, -0.2) is 35.4 Å². The summed E-state index contributed by atoms with van der Waals surface area (Å²) in [6, 6.07) is 0. The Hall–Kier alpha value is -0.220. The van der Waals surface area contributed by atoms with Crippen molar-refractivity contribution in [2.45, 2.75) is 66.8 Å². The van der Waals surface area contributed by atoms with Gasteiger partial charge in [0.2, 0.25) is 0 Å². The molecule has 0 rings (SSSR count). The maximum atomic E-state index is 12.8. The topological polar surface area (TPSA) is 72.8 Å². The van der Waals surface area contributed by atoms with Crippen molar-refractivity contribution >= 4 is 13.4 Å². The SMILES string of the molecule is CC(=O)[C@@H](CP(=O)(OC(C)C)OC(C)C)[C@H](O)C(C)C. The van der Waals surface area contributed by atoms with Gasteiger partial charge in [0, 0.05) is 0 Å². The summed E-state index contributed by atoms with van der Waals surface area (Å²) in [5.74, 6) is -1.04. The van der Waals surface area contributed by atoms with E-state index in [1.807, 2.05) is 13.8 Å². The Kier molecular flexibility index (Phi) is 8.19. The van der Waals surface area contributed by atoms with Crippen molar-refractivity contribution in [2.75, 3.05) is 6.16 Å². The van der Waals surface area contributed by atoms with Crippen molar-refractivity contribution in [3.8, 4) is 0 Å². The van der Waals surface area contributed by atoms with E-state index in [-0.39, 0.29) is 30.1 Å². The Balaban J connectivity index is 5.18. The van der Waals surface area contributed by atoms with E-state index in [9.17, 15) is 14.5 Å². The third-order valence-corrected chi connectivity index (χ3v) is 5.11. The van der Waals surface area contributed by atoms with Crippen molar-refractivity contribution in [1.82, 2.24) is 0 Å². The molecule has 1 N–H and O–H groups in total. The van der Waals surface area contributed by atoms with Gasteiger partial charge in [-0.2, -0.15) is 0 Å². The summed E-state index contributed by atoms with van der Waals surface area (Å²) in [5.41, 5.74) is 0. The van der Waals surface area contributed by atoms with E-state index in [1.54, 1.807) is 27.7 Å². The maximum Gasteiger partial charge on any atom is 0.331 e. The first-order chi connectivity index (χ1) is 8.98. The third kappa shape index (κ3) is 6.98. The van der Waals surface area contributed by atoms with E-state index >= 15 is 0 Å². The van der Waals surface area contributed by atoms with Crippen molar-refractivity contribution in [2.24, 2.45) is 11.8 Å². The Morgan fingerprint density at radius 1 is 1.05 bits per heavy atom. The molecule has 0 aromatic carbocycles. The van der Waals surface area contributed by atoms with Gasteiger partial charge in [-0.25, -0.2) is 0 Å². The van der Waals surface area contributed by atoms with Crippen LogP contribution < -0.4 is 0 Å². The van der Waals surface area contributed by atoms with Crippen LogP contribution in [0.25, 0.3) is 0 Å². The Morgan fingerprint density at radius 3 is 1.70 bits per heavy atom. The number of ketones is 1. The number of Topliss-reactive ketones (excluding diaryl/α,β-unsaturated/α-hetero) is 1. The van der Waals surface area contributed by atoms with Gasteiger partial charge in [-0.15, -0.1) is 0 Å². The molecule has 0 aliphatic carbocycles. The van der Waals surface area contributed by atoms with Gasteiger partial charge < -0.3 is 14.2 Å². The molecule has 0 fully saturated rings. The highest BCUT2D eigenvalue weighted by Gasteiger charge is 2.37. The summed E-state index contributed by atoms with van der Waals surface area (Å²) >= 11 is 0. The van der Waals surface area contributed by atoms with Crippen LogP contribution in [-0.2, 0) is 18.4 Å². The minimum absolute atomic E-state index is 0.0853. The van der Waals surface area contributed by atoms with Crippen LogP contribution in [0.5, 0.6) is 0 Å². The highest BCUT2D eigenvalue weighted by atomic mass is 31.2. The van der Waals surface area contributed by atoms with Gasteiger partial charge in [-0.3, -0.25) is 9.36 Å². The van der Waals surface area contributed by atoms with Gasteiger partial charge >= 0.3 is 7.60 Å². The minimum Gasteiger partial charge on any atom is -0.392 e. The quantitative estimate of drug-likeness (QED) is 0.662. The number of carbonyl (C=O) groups is 1. The summed E-state index contributed by atoms with van der Waals surface area (Å²) < 4.78 is 23.6. The molecule has 6 heteroatoms. The molecule has 0 aliphatic rings. The van der Waals surface area contributed by atoms with Crippen LogP contribution in [0.1, 0.15) is 48.5 Å². The van der Waals surface area contributed by atoms with E-state index in [0.717, 1.165) is 0 Å².